The van der Waals surface area contributed by atoms with E-state index in [4.69, 9.17) is 0 Å². The summed E-state index contributed by atoms with van der Waals surface area (Å²) in [5, 5.41) is 4.88. The molecule has 2 amide bonds. The molecule has 1 aromatic carbocycles. The van der Waals surface area contributed by atoms with Gasteiger partial charge in [-0.2, -0.15) is 0 Å². The van der Waals surface area contributed by atoms with E-state index in [0.717, 1.165) is 12.1 Å². The summed E-state index contributed by atoms with van der Waals surface area (Å²) in [7, 11) is 1.42. The lowest BCUT2D eigenvalue weighted by Gasteiger charge is -2.12. The number of anilines is 1. The van der Waals surface area contributed by atoms with Crippen LogP contribution in [0, 0.1) is 12.7 Å². The SMILES string of the molecule is CNC(=O)c1cc(F)cc(NC(=O)c2c(C)ccn(-c3cccnc3)c2=O)c1. The molecule has 8 heteroatoms. The standard InChI is InChI=1S/C20H17FN4O3/c1-12-5-7-25(16-4-3-6-23-11-16)20(28)17(12)19(27)24-15-9-13(18(26)22-2)8-14(21)10-15/h3-11H,1-2H3,(H,22,26)(H,24,27). The summed E-state index contributed by atoms with van der Waals surface area (Å²) in [6.45, 7) is 1.63. The number of rotatable bonds is 4. The molecule has 2 N–H and O–H groups in total. The smallest absolute Gasteiger partial charge is 0.268 e. The zero-order chi connectivity index (χ0) is 20.3. The number of pyridine rings is 2. The molecule has 0 unspecified atom stereocenters. The van der Waals surface area contributed by atoms with Crippen molar-refractivity contribution in [1.82, 2.24) is 14.9 Å². The Morgan fingerprint density at radius 3 is 2.61 bits per heavy atom. The second-order valence-corrected chi connectivity index (χ2v) is 6.02. The van der Waals surface area contributed by atoms with Gasteiger partial charge in [0, 0.05) is 30.7 Å². The zero-order valence-corrected chi connectivity index (χ0v) is 15.2. The molecule has 3 rings (SSSR count). The number of carbonyl (C=O) groups excluding carboxylic acids is 2. The van der Waals surface area contributed by atoms with E-state index in [1.807, 2.05) is 0 Å². The van der Waals surface area contributed by atoms with E-state index in [2.05, 4.69) is 15.6 Å². The Bertz CT molecular complexity index is 1110. The number of nitrogens with one attached hydrogen (secondary N) is 2. The highest BCUT2D eigenvalue weighted by molar-refractivity contribution is 6.05. The summed E-state index contributed by atoms with van der Waals surface area (Å²) in [5.41, 5.74) is 0.472. The van der Waals surface area contributed by atoms with Gasteiger partial charge in [0.25, 0.3) is 17.4 Å². The highest BCUT2D eigenvalue weighted by Gasteiger charge is 2.18. The van der Waals surface area contributed by atoms with Crippen LogP contribution in [0.2, 0.25) is 0 Å². The lowest BCUT2D eigenvalue weighted by molar-refractivity contribution is 0.0961. The Kier molecular flexibility index (Phi) is 5.30. The Hall–Kier alpha value is -3.81. The first-order valence-corrected chi connectivity index (χ1v) is 8.37. The first kappa shape index (κ1) is 19.0. The molecule has 0 bridgehead atoms. The second kappa shape index (κ2) is 7.83. The molecule has 0 saturated carbocycles. The largest absolute Gasteiger partial charge is 0.355 e. The minimum Gasteiger partial charge on any atom is -0.355 e. The van der Waals surface area contributed by atoms with Crippen molar-refractivity contribution in [2.24, 2.45) is 0 Å². The van der Waals surface area contributed by atoms with Crippen molar-refractivity contribution in [3.8, 4) is 5.69 Å². The summed E-state index contributed by atoms with van der Waals surface area (Å²) in [6, 6.07) is 8.45. The summed E-state index contributed by atoms with van der Waals surface area (Å²) in [4.78, 5) is 41.3. The number of hydrogen-bond donors (Lipinski definition) is 2. The minimum atomic E-state index is -0.700. The summed E-state index contributed by atoms with van der Waals surface area (Å²) >= 11 is 0. The van der Waals surface area contributed by atoms with Crippen LogP contribution in [0.3, 0.4) is 0 Å². The van der Waals surface area contributed by atoms with Gasteiger partial charge in [-0.1, -0.05) is 0 Å². The third-order valence-electron chi connectivity index (χ3n) is 4.10. The van der Waals surface area contributed by atoms with Gasteiger partial charge in [0.2, 0.25) is 0 Å². The molecule has 7 nitrogen and oxygen atoms in total. The average molecular weight is 380 g/mol. The summed E-state index contributed by atoms with van der Waals surface area (Å²) in [5.74, 6) is -1.88. The fraction of sp³-hybridized carbons (Fsp3) is 0.100. The topological polar surface area (TPSA) is 93.1 Å². The first-order valence-electron chi connectivity index (χ1n) is 8.37. The molecule has 0 atom stereocenters. The third-order valence-corrected chi connectivity index (χ3v) is 4.10. The fourth-order valence-electron chi connectivity index (χ4n) is 2.73. The minimum absolute atomic E-state index is 0.0513. The highest BCUT2D eigenvalue weighted by atomic mass is 19.1. The lowest BCUT2D eigenvalue weighted by Crippen LogP contribution is -2.29. The Morgan fingerprint density at radius 1 is 1.14 bits per heavy atom. The van der Waals surface area contributed by atoms with Crippen molar-refractivity contribution >= 4 is 17.5 Å². The molecule has 0 fully saturated rings. The number of hydrogen-bond acceptors (Lipinski definition) is 4. The van der Waals surface area contributed by atoms with Crippen LogP contribution >= 0.6 is 0 Å². The number of nitrogens with zero attached hydrogens (tertiary/aromatic N) is 2. The van der Waals surface area contributed by atoms with Crippen LogP contribution in [0.4, 0.5) is 10.1 Å². The molecule has 28 heavy (non-hydrogen) atoms. The number of aryl methyl sites for hydroxylation is 1. The van der Waals surface area contributed by atoms with Crippen LogP contribution in [0.15, 0.2) is 59.8 Å². The fourth-order valence-corrected chi connectivity index (χ4v) is 2.73. The van der Waals surface area contributed by atoms with Gasteiger partial charge in [-0.3, -0.25) is 23.9 Å². The number of halogens is 1. The van der Waals surface area contributed by atoms with Crippen molar-refractivity contribution in [2.75, 3.05) is 12.4 Å². The number of benzene rings is 1. The summed E-state index contributed by atoms with van der Waals surface area (Å²) < 4.78 is 15.1. The molecule has 2 aromatic heterocycles. The Balaban J connectivity index is 1.99. The maximum absolute atomic E-state index is 13.8. The van der Waals surface area contributed by atoms with Gasteiger partial charge in [0.05, 0.1) is 11.9 Å². The van der Waals surface area contributed by atoms with Gasteiger partial charge < -0.3 is 10.6 Å². The predicted molar refractivity (Wildman–Crippen MR) is 102 cm³/mol. The van der Waals surface area contributed by atoms with Gasteiger partial charge in [-0.25, -0.2) is 4.39 Å². The van der Waals surface area contributed by atoms with E-state index in [0.29, 0.717) is 11.3 Å². The molecule has 0 radical (unpaired) electrons. The van der Waals surface area contributed by atoms with Gasteiger partial charge in [-0.15, -0.1) is 0 Å². The van der Waals surface area contributed by atoms with Crippen LogP contribution in [0.1, 0.15) is 26.3 Å². The maximum atomic E-state index is 13.8. The van der Waals surface area contributed by atoms with E-state index in [1.54, 1.807) is 37.5 Å². The molecule has 0 aliphatic carbocycles. The zero-order valence-electron chi connectivity index (χ0n) is 15.2. The van der Waals surface area contributed by atoms with Gasteiger partial charge in [-0.05, 0) is 48.9 Å². The molecule has 2 heterocycles. The predicted octanol–water partition coefficient (Wildman–Crippen LogP) is 2.29. The van der Waals surface area contributed by atoms with Crippen molar-refractivity contribution in [2.45, 2.75) is 6.92 Å². The van der Waals surface area contributed by atoms with E-state index < -0.39 is 23.2 Å². The van der Waals surface area contributed by atoms with E-state index in [-0.39, 0.29) is 16.8 Å². The molecular formula is C20H17FN4O3. The Labute approximate surface area is 159 Å². The van der Waals surface area contributed by atoms with Crippen LogP contribution in [0.5, 0.6) is 0 Å². The highest BCUT2D eigenvalue weighted by Crippen LogP contribution is 2.16. The van der Waals surface area contributed by atoms with Gasteiger partial charge >= 0.3 is 0 Å². The quantitative estimate of drug-likeness (QED) is 0.726. The monoisotopic (exact) mass is 380 g/mol. The molecule has 0 aliphatic rings. The van der Waals surface area contributed by atoms with Crippen molar-refractivity contribution in [3.05, 3.63) is 87.9 Å². The van der Waals surface area contributed by atoms with Crippen LogP contribution in [0.25, 0.3) is 5.69 Å². The average Bonchev–Trinajstić information content (AvgIpc) is 2.67. The number of aromatic nitrogens is 2. The molecule has 0 aliphatic heterocycles. The Morgan fingerprint density at radius 2 is 1.93 bits per heavy atom. The van der Waals surface area contributed by atoms with Crippen molar-refractivity contribution < 1.29 is 14.0 Å². The molecule has 0 spiro atoms. The van der Waals surface area contributed by atoms with Gasteiger partial charge in [0.15, 0.2) is 0 Å². The van der Waals surface area contributed by atoms with Crippen molar-refractivity contribution in [1.29, 1.82) is 0 Å². The van der Waals surface area contributed by atoms with Crippen molar-refractivity contribution in [3.63, 3.8) is 0 Å². The van der Waals surface area contributed by atoms with Gasteiger partial charge in [0.1, 0.15) is 11.4 Å². The van der Waals surface area contributed by atoms with Crippen LogP contribution in [-0.4, -0.2) is 28.4 Å². The lowest BCUT2D eigenvalue weighted by atomic mass is 10.1. The first-order chi connectivity index (χ1) is 13.4. The van der Waals surface area contributed by atoms with E-state index >= 15 is 0 Å². The third kappa shape index (κ3) is 3.80. The molecule has 0 saturated heterocycles. The number of carbonyl (C=O) groups is 2. The number of amides is 2. The molecule has 142 valence electrons. The maximum Gasteiger partial charge on any atom is 0.268 e. The van der Waals surface area contributed by atoms with Crippen LogP contribution in [-0.2, 0) is 0 Å². The van der Waals surface area contributed by atoms with E-state index in [1.165, 1.54) is 23.9 Å². The summed E-state index contributed by atoms with van der Waals surface area (Å²) in [6.07, 6.45) is 4.63. The molecule has 3 aromatic rings. The van der Waals surface area contributed by atoms with E-state index in [9.17, 15) is 18.8 Å². The normalized spacial score (nSPS) is 10.4. The molecular weight excluding hydrogens is 363 g/mol. The second-order valence-electron chi connectivity index (χ2n) is 6.02. The van der Waals surface area contributed by atoms with Crippen LogP contribution < -0.4 is 16.2 Å².